The molecule has 0 aliphatic heterocycles. The van der Waals surface area contributed by atoms with Crippen molar-refractivity contribution in [2.45, 2.75) is 19.9 Å². The second-order valence-electron chi connectivity index (χ2n) is 5.00. The van der Waals surface area contributed by atoms with Crippen LogP contribution in [0.2, 0.25) is 0 Å². The zero-order chi connectivity index (χ0) is 15.0. The molecule has 2 heterocycles. The number of aryl methyl sites for hydroxylation is 2. The Morgan fingerprint density at radius 1 is 1.43 bits per heavy atom. The number of hydrogen-bond acceptors (Lipinski definition) is 2. The Labute approximate surface area is 120 Å². The van der Waals surface area contributed by atoms with Crippen molar-refractivity contribution in [2.24, 2.45) is 5.73 Å². The van der Waals surface area contributed by atoms with Gasteiger partial charge in [-0.3, -0.25) is 9.48 Å². The quantitative estimate of drug-likeness (QED) is 0.772. The lowest BCUT2D eigenvalue weighted by molar-refractivity contribution is -0.118. The summed E-state index contributed by atoms with van der Waals surface area (Å²) in [6.07, 6.45) is 3.97. The standard InChI is InChI=1S/C15H15FN4O/c1-9-13(8-20(19-9)5-4-15(17)21)12-7-18-14-6-10(16)2-3-11(12)14/h2-3,6-8,18H,4-5H2,1H3,(H2,17,21). The van der Waals surface area contributed by atoms with Gasteiger partial charge in [-0.25, -0.2) is 4.39 Å². The number of nitrogens with two attached hydrogens (primary N) is 1. The van der Waals surface area contributed by atoms with Crippen molar-refractivity contribution < 1.29 is 9.18 Å². The monoisotopic (exact) mass is 286 g/mol. The van der Waals surface area contributed by atoms with E-state index in [1.165, 1.54) is 12.1 Å². The number of carbonyl (C=O) groups is 1. The van der Waals surface area contributed by atoms with Crippen molar-refractivity contribution in [1.29, 1.82) is 0 Å². The predicted octanol–water partition coefficient (Wildman–Crippen LogP) is 2.35. The number of aromatic amines is 1. The summed E-state index contributed by atoms with van der Waals surface area (Å²) >= 11 is 0. The van der Waals surface area contributed by atoms with Crippen LogP contribution in [0.3, 0.4) is 0 Å². The lowest BCUT2D eigenvalue weighted by Crippen LogP contribution is -2.14. The predicted molar refractivity (Wildman–Crippen MR) is 78.0 cm³/mol. The lowest BCUT2D eigenvalue weighted by Gasteiger charge is -1.97. The van der Waals surface area contributed by atoms with E-state index in [1.54, 1.807) is 10.7 Å². The van der Waals surface area contributed by atoms with Gasteiger partial charge in [-0.05, 0) is 25.1 Å². The topological polar surface area (TPSA) is 76.7 Å². The number of benzene rings is 1. The van der Waals surface area contributed by atoms with E-state index in [0.717, 1.165) is 27.7 Å². The number of rotatable bonds is 4. The fraction of sp³-hybridized carbons (Fsp3) is 0.200. The molecule has 3 N–H and O–H groups in total. The zero-order valence-electron chi connectivity index (χ0n) is 11.6. The van der Waals surface area contributed by atoms with Crippen LogP contribution in [0.15, 0.2) is 30.6 Å². The molecule has 2 aromatic heterocycles. The number of amides is 1. The third kappa shape index (κ3) is 2.52. The molecule has 108 valence electrons. The van der Waals surface area contributed by atoms with Crippen LogP contribution in [0.1, 0.15) is 12.1 Å². The third-order valence-electron chi connectivity index (χ3n) is 3.47. The number of carbonyl (C=O) groups excluding carboxylic acids is 1. The average Bonchev–Trinajstić information content (AvgIpc) is 2.99. The van der Waals surface area contributed by atoms with Crippen LogP contribution >= 0.6 is 0 Å². The van der Waals surface area contributed by atoms with Crippen LogP contribution in [0.25, 0.3) is 22.0 Å². The van der Waals surface area contributed by atoms with E-state index in [1.807, 2.05) is 19.3 Å². The van der Waals surface area contributed by atoms with Gasteiger partial charge in [0.1, 0.15) is 5.82 Å². The van der Waals surface area contributed by atoms with Crippen LogP contribution < -0.4 is 5.73 Å². The largest absolute Gasteiger partial charge is 0.370 e. The molecule has 6 heteroatoms. The highest BCUT2D eigenvalue weighted by Crippen LogP contribution is 2.30. The SMILES string of the molecule is Cc1nn(CCC(N)=O)cc1-c1c[nH]c2cc(F)ccc12. The maximum Gasteiger partial charge on any atom is 0.219 e. The summed E-state index contributed by atoms with van der Waals surface area (Å²) in [5.41, 5.74) is 8.67. The van der Waals surface area contributed by atoms with E-state index < -0.39 is 0 Å². The van der Waals surface area contributed by atoms with Crippen LogP contribution in [-0.2, 0) is 11.3 Å². The van der Waals surface area contributed by atoms with Gasteiger partial charge in [0.2, 0.25) is 5.91 Å². The summed E-state index contributed by atoms with van der Waals surface area (Å²) in [5, 5.41) is 5.32. The van der Waals surface area contributed by atoms with Crippen molar-refractivity contribution in [3.8, 4) is 11.1 Å². The number of H-pyrrole nitrogens is 1. The van der Waals surface area contributed by atoms with Gasteiger partial charge in [0.15, 0.2) is 0 Å². The summed E-state index contributed by atoms with van der Waals surface area (Å²) in [7, 11) is 0. The van der Waals surface area contributed by atoms with Crippen molar-refractivity contribution in [2.75, 3.05) is 0 Å². The molecular formula is C15H15FN4O. The molecule has 0 unspecified atom stereocenters. The number of nitrogens with one attached hydrogen (secondary N) is 1. The lowest BCUT2D eigenvalue weighted by atomic mass is 10.1. The number of halogens is 1. The van der Waals surface area contributed by atoms with E-state index in [4.69, 9.17) is 5.73 Å². The number of hydrogen-bond donors (Lipinski definition) is 2. The number of nitrogens with zero attached hydrogens (tertiary/aromatic N) is 2. The number of aromatic nitrogens is 3. The van der Waals surface area contributed by atoms with E-state index in [0.29, 0.717) is 6.54 Å². The molecule has 21 heavy (non-hydrogen) atoms. The third-order valence-corrected chi connectivity index (χ3v) is 3.47. The minimum absolute atomic E-state index is 0.250. The molecule has 0 spiro atoms. The molecule has 0 atom stereocenters. The first kappa shape index (κ1) is 13.4. The molecule has 0 fully saturated rings. The fourth-order valence-electron chi connectivity index (χ4n) is 2.44. The number of fused-ring (bicyclic) bond motifs is 1. The maximum atomic E-state index is 13.2. The van der Waals surface area contributed by atoms with Crippen LogP contribution in [0.5, 0.6) is 0 Å². The highest BCUT2D eigenvalue weighted by Gasteiger charge is 2.12. The molecule has 0 saturated carbocycles. The molecule has 3 aromatic rings. The molecule has 0 aliphatic rings. The van der Waals surface area contributed by atoms with Gasteiger partial charge in [0, 0.05) is 47.4 Å². The van der Waals surface area contributed by atoms with Crippen LogP contribution in [0, 0.1) is 12.7 Å². The zero-order valence-corrected chi connectivity index (χ0v) is 11.6. The van der Waals surface area contributed by atoms with Crippen molar-refractivity contribution in [3.63, 3.8) is 0 Å². The minimum Gasteiger partial charge on any atom is -0.370 e. The van der Waals surface area contributed by atoms with Gasteiger partial charge in [0.05, 0.1) is 5.69 Å². The van der Waals surface area contributed by atoms with Crippen molar-refractivity contribution in [3.05, 3.63) is 42.1 Å². The fourth-order valence-corrected chi connectivity index (χ4v) is 2.44. The summed E-state index contributed by atoms with van der Waals surface area (Å²) in [6.45, 7) is 2.35. The molecule has 1 amide bonds. The Morgan fingerprint density at radius 2 is 2.24 bits per heavy atom. The molecule has 5 nitrogen and oxygen atoms in total. The molecule has 0 radical (unpaired) electrons. The summed E-state index contributed by atoms with van der Waals surface area (Å²) in [4.78, 5) is 13.9. The van der Waals surface area contributed by atoms with E-state index in [9.17, 15) is 9.18 Å². The van der Waals surface area contributed by atoms with Gasteiger partial charge >= 0.3 is 0 Å². The molecule has 0 bridgehead atoms. The smallest absolute Gasteiger partial charge is 0.219 e. The molecular weight excluding hydrogens is 271 g/mol. The number of primary amides is 1. The van der Waals surface area contributed by atoms with Crippen LogP contribution in [0.4, 0.5) is 4.39 Å². The highest BCUT2D eigenvalue weighted by molar-refractivity contribution is 5.95. The summed E-state index contributed by atoms with van der Waals surface area (Å²) < 4.78 is 14.9. The first-order valence-electron chi connectivity index (χ1n) is 6.64. The Balaban J connectivity index is 2.00. The van der Waals surface area contributed by atoms with E-state index in [2.05, 4.69) is 10.1 Å². The Morgan fingerprint density at radius 3 is 3.00 bits per heavy atom. The second-order valence-corrected chi connectivity index (χ2v) is 5.00. The van der Waals surface area contributed by atoms with Crippen molar-refractivity contribution in [1.82, 2.24) is 14.8 Å². The van der Waals surface area contributed by atoms with Crippen molar-refractivity contribution >= 4 is 16.8 Å². The molecule has 0 saturated heterocycles. The normalized spacial score (nSPS) is 11.1. The maximum absolute atomic E-state index is 13.2. The van der Waals surface area contributed by atoms with Crippen LogP contribution in [-0.4, -0.2) is 20.7 Å². The van der Waals surface area contributed by atoms with Gasteiger partial charge in [0.25, 0.3) is 0 Å². The molecule has 3 rings (SSSR count). The first-order chi connectivity index (χ1) is 10.0. The molecule has 0 aliphatic carbocycles. The van der Waals surface area contributed by atoms with Gasteiger partial charge < -0.3 is 10.7 Å². The summed E-state index contributed by atoms with van der Waals surface area (Å²) in [5.74, 6) is -0.628. The average molecular weight is 286 g/mol. The first-order valence-corrected chi connectivity index (χ1v) is 6.64. The minimum atomic E-state index is -0.354. The Hall–Kier alpha value is -2.63. The Kier molecular flexibility index (Phi) is 3.21. The van der Waals surface area contributed by atoms with E-state index >= 15 is 0 Å². The van der Waals surface area contributed by atoms with Gasteiger partial charge in [-0.1, -0.05) is 0 Å². The second kappa shape index (κ2) is 5.05. The Bertz CT molecular complexity index is 818. The van der Waals surface area contributed by atoms with Gasteiger partial charge in [-0.15, -0.1) is 0 Å². The molecule has 1 aromatic carbocycles. The van der Waals surface area contributed by atoms with Gasteiger partial charge in [-0.2, -0.15) is 5.10 Å². The summed E-state index contributed by atoms with van der Waals surface area (Å²) in [6, 6.07) is 4.65. The highest BCUT2D eigenvalue weighted by atomic mass is 19.1. The van der Waals surface area contributed by atoms with E-state index in [-0.39, 0.29) is 18.1 Å².